The van der Waals surface area contributed by atoms with Crippen LogP contribution in [0.3, 0.4) is 0 Å². The van der Waals surface area contributed by atoms with E-state index in [4.69, 9.17) is 0 Å². The Morgan fingerprint density at radius 2 is 2.33 bits per heavy atom. The molecule has 0 aromatic heterocycles. The fourth-order valence-corrected chi connectivity index (χ4v) is 2.32. The Morgan fingerprint density at radius 1 is 1.50 bits per heavy atom. The first-order chi connectivity index (χ1) is 5.77. The lowest BCUT2D eigenvalue weighted by molar-refractivity contribution is -0.130. The van der Waals surface area contributed by atoms with Gasteiger partial charge in [-0.3, -0.25) is 4.79 Å². The van der Waals surface area contributed by atoms with Gasteiger partial charge in [-0.05, 0) is 25.3 Å². The Kier molecular flexibility index (Phi) is 2.05. The third-order valence-corrected chi connectivity index (χ3v) is 3.12. The predicted molar refractivity (Wildman–Crippen MR) is 46.8 cm³/mol. The maximum absolute atomic E-state index is 11.1. The number of rotatable bonds is 0. The molecule has 2 aliphatic heterocycles. The maximum atomic E-state index is 11.1. The molecule has 0 spiro atoms. The van der Waals surface area contributed by atoms with Crippen LogP contribution < -0.4 is 5.32 Å². The van der Waals surface area contributed by atoms with Crippen molar-refractivity contribution in [1.29, 1.82) is 0 Å². The van der Waals surface area contributed by atoms with Gasteiger partial charge < -0.3 is 10.2 Å². The molecule has 0 aromatic rings. The summed E-state index contributed by atoms with van der Waals surface area (Å²) in [6.07, 6.45) is 2.49. The van der Waals surface area contributed by atoms with Gasteiger partial charge in [-0.15, -0.1) is 0 Å². The van der Waals surface area contributed by atoms with Gasteiger partial charge in [0.15, 0.2) is 0 Å². The molecule has 0 aliphatic carbocycles. The Morgan fingerprint density at radius 3 is 3.08 bits per heavy atom. The topological polar surface area (TPSA) is 32.3 Å². The average molecular weight is 168 g/mol. The Hall–Kier alpha value is -0.570. The van der Waals surface area contributed by atoms with Crippen molar-refractivity contribution < 1.29 is 4.79 Å². The van der Waals surface area contributed by atoms with Gasteiger partial charge >= 0.3 is 0 Å². The summed E-state index contributed by atoms with van der Waals surface area (Å²) in [6.45, 7) is 4.70. The second kappa shape index (κ2) is 3.05. The summed E-state index contributed by atoms with van der Waals surface area (Å²) in [6, 6.07) is 0.586. The summed E-state index contributed by atoms with van der Waals surface area (Å²) in [5.41, 5.74) is 0. The van der Waals surface area contributed by atoms with E-state index >= 15 is 0 Å². The summed E-state index contributed by atoms with van der Waals surface area (Å²) in [5.74, 6) is 1.06. The lowest BCUT2D eigenvalue weighted by Gasteiger charge is -2.34. The number of likely N-dealkylation sites (tertiary alicyclic amines) is 1. The fraction of sp³-hybridized carbons (Fsp3) is 0.889. The molecule has 2 saturated heterocycles. The monoisotopic (exact) mass is 168 g/mol. The first-order valence-electron chi connectivity index (χ1n) is 4.76. The van der Waals surface area contributed by atoms with Crippen LogP contribution in [0.1, 0.15) is 19.8 Å². The molecular formula is C9H16N2O. The molecule has 12 heavy (non-hydrogen) atoms. The second-order valence-electron chi connectivity index (χ2n) is 3.86. The normalized spacial score (nSPS) is 34.9. The molecule has 2 rings (SSSR count). The molecule has 2 fully saturated rings. The standard InChI is InChI=1S/C9H16N2O/c1-7(12)11-5-3-8-2-4-10-9(8)6-11/h8-10H,2-6H2,1H3/t8-,9+/m1/s1. The molecule has 2 aliphatic rings. The summed E-state index contributed by atoms with van der Waals surface area (Å²) in [7, 11) is 0. The number of carbonyl (C=O) groups is 1. The Balaban J connectivity index is 1.96. The first kappa shape index (κ1) is 8.05. The molecule has 0 saturated carbocycles. The van der Waals surface area contributed by atoms with Crippen LogP contribution in [-0.2, 0) is 4.79 Å². The van der Waals surface area contributed by atoms with Crippen LogP contribution in [0.5, 0.6) is 0 Å². The van der Waals surface area contributed by atoms with E-state index in [0.717, 1.165) is 25.6 Å². The quantitative estimate of drug-likeness (QED) is 0.561. The third kappa shape index (κ3) is 1.33. The van der Waals surface area contributed by atoms with E-state index in [2.05, 4.69) is 5.32 Å². The minimum atomic E-state index is 0.224. The number of nitrogens with one attached hydrogen (secondary N) is 1. The van der Waals surface area contributed by atoms with Crippen LogP contribution in [0.15, 0.2) is 0 Å². The van der Waals surface area contributed by atoms with Gasteiger partial charge in [-0.1, -0.05) is 0 Å². The molecule has 2 heterocycles. The number of hydrogen-bond acceptors (Lipinski definition) is 2. The van der Waals surface area contributed by atoms with Gasteiger partial charge in [-0.2, -0.15) is 0 Å². The number of carbonyl (C=O) groups excluding carboxylic acids is 1. The highest BCUT2D eigenvalue weighted by Gasteiger charge is 2.33. The molecule has 0 aromatic carbocycles. The van der Waals surface area contributed by atoms with Crippen molar-refractivity contribution in [2.75, 3.05) is 19.6 Å². The van der Waals surface area contributed by atoms with Crippen LogP contribution in [0.2, 0.25) is 0 Å². The van der Waals surface area contributed by atoms with E-state index in [-0.39, 0.29) is 5.91 Å². The fourth-order valence-electron chi connectivity index (χ4n) is 2.32. The number of amides is 1. The average Bonchev–Trinajstić information content (AvgIpc) is 2.49. The van der Waals surface area contributed by atoms with Crippen LogP contribution in [0.25, 0.3) is 0 Å². The minimum absolute atomic E-state index is 0.224. The first-order valence-corrected chi connectivity index (χ1v) is 4.76. The van der Waals surface area contributed by atoms with E-state index in [1.165, 1.54) is 12.8 Å². The van der Waals surface area contributed by atoms with E-state index < -0.39 is 0 Å². The van der Waals surface area contributed by atoms with Crippen molar-refractivity contribution in [3.63, 3.8) is 0 Å². The van der Waals surface area contributed by atoms with Gasteiger partial charge in [0.05, 0.1) is 0 Å². The van der Waals surface area contributed by atoms with Crippen molar-refractivity contribution >= 4 is 5.91 Å². The largest absolute Gasteiger partial charge is 0.341 e. The molecular weight excluding hydrogens is 152 g/mol. The smallest absolute Gasteiger partial charge is 0.219 e. The van der Waals surface area contributed by atoms with Crippen molar-refractivity contribution in [2.24, 2.45) is 5.92 Å². The number of hydrogen-bond donors (Lipinski definition) is 1. The van der Waals surface area contributed by atoms with Gasteiger partial charge in [0.1, 0.15) is 0 Å². The molecule has 0 unspecified atom stereocenters. The molecule has 68 valence electrons. The van der Waals surface area contributed by atoms with Gasteiger partial charge in [0.2, 0.25) is 5.91 Å². The van der Waals surface area contributed by atoms with Gasteiger partial charge in [0, 0.05) is 26.1 Å². The molecule has 3 heteroatoms. The summed E-state index contributed by atoms with van der Waals surface area (Å²) in [4.78, 5) is 13.0. The molecule has 1 amide bonds. The summed E-state index contributed by atoms with van der Waals surface area (Å²) < 4.78 is 0. The van der Waals surface area contributed by atoms with Crippen LogP contribution >= 0.6 is 0 Å². The molecule has 1 N–H and O–H groups in total. The molecule has 0 radical (unpaired) electrons. The summed E-state index contributed by atoms with van der Waals surface area (Å²) >= 11 is 0. The lowest BCUT2D eigenvalue weighted by Crippen LogP contribution is -2.47. The van der Waals surface area contributed by atoms with Crippen LogP contribution in [0.4, 0.5) is 0 Å². The zero-order valence-corrected chi connectivity index (χ0v) is 7.55. The minimum Gasteiger partial charge on any atom is -0.341 e. The van der Waals surface area contributed by atoms with Crippen molar-refractivity contribution in [1.82, 2.24) is 10.2 Å². The van der Waals surface area contributed by atoms with Crippen molar-refractivity contribution in [3.8, 4) is 0 Å². The Bertz CT molecular complexity index is 193. The van der Waals surface area contributed by atoms with Crippen molar-refractivity contribution in [3.05, 3.63) is 0 Å². The predicted octanol–water partition coefficient (Wildman–Crippen LogP) is 0.217. The van der Waals surface area contributed by atoms with Gasteiger partial charge in [0.25, 0.3) is 0 Å². The van der Waals surface area contributed by atoms with Crippen LogP contribution in [-0.4, -0.2) is 36.5 Å². The van der Waals surface area contributed by atoms with E-state index in [1.807, 2.05) is 4.90 Å². The maximum Gasteiger partial charge on any atom is 0.219 e. The van der Waals surface area contributed by atoms with Crippen LogP contribution in [0, 0.1) is 5.92 Å². The Labute approximate surface area is 73.1 Å². The number of piperidine rings is 1. The highest BCUT2D eigenvalue weighted by Crippen LogP contribution is 2.24. The zero-order valence-electron chi connectivity index (χ0n) is 7.55. The molecule has 3 nitrogen and oxygen atoms in total. The van der Waals surface area contributed by atoms with E-state index in [1.54, 1.807) is 6.92 Å². The highest BCUT2D eigenvalue weighted by molar-refractivity contribution is 5.73. The SMILES string of the molecule is CC(=O)N1CC[C@H]2CCN[C@H]2C1. The van der Waals surface area contributed by atoms with Gasteiger partial charge in [-0.25, -0.2) is 0 Å². The van der Waals surface area contributed by atoms with E-state index in [9.17, 15) is 4.79 Å². The molecule has 0 bridgehead atoms. The number of fused-ring (bicyclic) bond motifs is 1. The lowest BCUT2D eigenvalue weighted by atomic mass is 9.93. The zero-order chi connectivity index (χ0) is 8.55. The second-order valence-corrected chi connectivity index (χ2v) is 3.86. The third-order valence-electron chi connectivity index (χ3n) is 3.12. The number of nitrogens with zero attached hydrogens (tertiary/aromatic N) is 1. The molecule has 2 atom stereocenters. The summed E-state index contributed by atoms with van der Waals surface area (Å²) in [5, 5.41) is 3.45. The van der Waals surface area contributed by atoms with Crippen molar-refractivity contribution in [2.45, 2.75) is 25.8 Å². The highest BCUT2D eigenvalue weighted by atomic mass is 16.2. The van der Waals surface area contributed by atoms with E-state index in [0.29, 0.717) is 6.04 Å².